The molecule has 6 aromatic rings. The summed E-state index contributed by atoms with van der Waals surface area (Å²) >= 11 is 0. The van der Waals surface area contributed by atoms with Crippen molar-refractivity contribution in [3.8, 4) is 0 Å². The SMILES string of the molecule is Cc1cc2c3c(C)ccc(C)c3n3c4cc(C(C)C)cc5cc[n+](C)c(c(c1C)c23)c54. The topological polar surface area (TPSA) is 8.29 Å². The molecule has 0 unspecified atom stereocenters. The van der Waals surface area contributed by atoms with Crippen molar-refractivity contribution < 1.29 is 4.57 Å². The van der Waals surface area contributed by atoms with Crippen LogP contribution in [-0.2, 0) is 7.05 Å². The summed E-state index contributed by atoms with van der Waals surface area (Å²) in [6.45, 7) is 13.6. The fourth-order valence-corrected chi connectivity index (χ4v) is 5.71. The van der Waals surface area contributed by atoms with Crippen molar-refractivity contribution in [1.82, 2.24) is 4.40 Å². The molecule has 154 valence electrons. The van der Waals surface area contributed by atoms with Crippen LogP contribution >= 0.6 is 0 Å². The number of hydrogen-bond acceptors (Lipinski definition) is 0. The molecule has 0 saturated carbocycles. The summed E-state index contributed by atoms with van der Waals surface area (Å²) in [5.74, 6) is 0.486. The first-order valence-electron chi connectivity index (χ1n) is 11.3. The standard InChI is InChI=1S/C29H29N2/c1-15(2)21-13-20-10-11-30(7)29-25-19(6)18(5)12-22-24-16(3)8-9-17(4)27(24)31(28(22)25)23(14-21)26(20)29/h8-15H,1-7H3/q+1. The molecule has 0 aliphatic rings. The minimum Gasteiger partial charge on any atom is -0.307 e. The van der Waals surface area contributed by atoms with E-state index < -0.39 is 0 Å². The van der Waals surface area contributed by atoms with Crippen molar-refractivity contribution in [2.45, 2.75) is 47.5 Å². The molecule has 0 bridgehead atoms. The van der Waals surface area contributed by atoms with Gasteiger partial charge >= 0.3 is 0 Å². The maximum Gasteiger partial charge on any atom is 0.224 e. The first kappa shape index (κ1) is 18.6. The summed E-state index contributed by atoms with van der Waals surface area (Å²) in [7, 11) is 2.19. The number of benzene rings is 3. The van der Waals surface area contributed by atoms with E-state index in [1.165, 1.54) is 76.8 Å². The Morgan fingerprint density at radius 2 is 1.52 bits per heavy atom. The van der Waals surface area contributed by atoms with E-state index in [-0.39, 0.29) is 0 Å². The Morgan fingerprint density at radius 1 is 0.774 bits per heavy atom. The van der Waals surface area contributed by atoms with Gasteiger partial charge in [-0.3, -0.25) is 0 Å². The van der Waals surface area contributed by atoms with Crippen LogP contribution in [0.3, 0.4) is 0 Å². The third kappa shape index (κ3) is 2.20. The van der Waals surface area contributed by atoms with Crippen molar-refractivity contribution >= 4 is 49.0 Å². The lowest BCUT2D eigenvalue weighted by Gasteiger charge is -2.16. The number of rotatable bonds is 1. The number of aryl methyl sites for hydroxylation is 5. The molecular formula is C29H29N2+. The van der Waals surface area contributed by atoms with Crippen LogP contribution < -0.4 is 4.57 Å². The summed E-state index contributed by atoms with van der Waals surface area (Å²) in [6.07, 6.45) is 2.23. The number of fused-ring (bicyclic) bond motifs is 5. The second kappa shape index (κ2) is 5.97. The number of pyridine rings is 2. The van der Waals surface area contributed by atoms with Gasteiger partial charge in [0.05, 0.1) is 27.3 Å². The fourth-order valence-electron chi connectivity index (χ4n) is 5.71. The minimum absolute atomic E-state index is 0.486. The lowest BCUT2D eigenvalue weighted by molar-refractivity contribution is -0.643. The molecule has 0 amide bonds. The molecule has 3 heterocycles. The zero-order valence-electron chi connectivity index (χ0n) is 19.5. The van der Waals surface area contributed by atoms with E-state index in [0.29, 0.717) is 5.92 Å². The maximum absolute atomic E-state index is 2.58. The summed E-state index contributed by atoms with van der Waals surface area (Å²) < 4.78 is 4.90. The number of nitrogens with zero attached hydrogens (tertiary/aromatic N) is 2. The molecule has 3 aromatic heterocycles. The lowest BCUT2D eigenvalue weighted by Crippen LogP contribution is -2.29. The van der Waals surface area contributed by atoms with Crippen LogP contribution in [0.2, 0.25) is 0 Å². The molecule has 31 heavy (non-hydrogen) atoms. The molecule has 0 radical (unpaired) electrons. The van der Waals surface area contributed by atoms with E-state index in [4.69, 9.17) is 0 Å². The molecular weight excluding hydrogens is 376 g/mol. The molecule has 0 spiro atoms. The van der Waals surface area contributed by atoms with Crippen LogP contribution in [0.4, 0.5) is 0 Å². The highest BCUT2D eigenvalue weighted by Gasteiger charge is 2.26. The number of hydrogen-bond donors (Lipinski definition) is 0. The van der Waals surface area contributed by atoms with E-state index in [1.807, 2.05) is 0 Å². The van der Waals surface area contributed by atoms with Crippen molar-refractivity contribution in [3.63, 3.8) is 0 Å². The molecule has 2 nitrogen and oxygen atoms in total. The Balaban J connectivity index is 2.13. The molecule has 0 N–H and O–H groups in total. The van der Waals surface area contributed by atoms with E-state index in [0.717, 1.165) is 0 Å². The first-order chi connectivity index (χ1) is 14.8. The van der Waals surface area contributed by atoms with Crippen LogP contribution in [0.5, 0.6) is 0 Å². The Labute approximate surface area is 183 Å². The van der Waals surface area contributed by atoms with Gasteiger partial charge in [-0.15, -0.1) is 0 Å². The predicted octanol–water partition coefficient (Wildman–Crippen LogP) is 7.17. The highest BCUT2D eigenvalue weighted by molar-refractivity contribution is 6.26. The average Bonchev–Trinajstić information content (AvgIpc) is 3.08. The average molecular weight is 406 g/mol. The highest BCUT2D eigenvalue weighted by atomic mass is 15.0. The number of aromatic nitrogens is 2. The first-order valence-corrected chi connectivity index (χ1v) is 11.3. The van der Waals surface area contributed by atoms with Crippen molar-refractivity contribution in [3.05, 3.63) is 70.4 Å². The van der Waals surface area contributed by atoms with Gasteiger partial charge in [0, 0.05) is 16.8 Å². The largest absolute Gasteiger partial charge is 0.307 e. The fraction of sp³-hybridized carbons (Fsp3) is 0.276. The van der Waals surface area contributed by atoms with Crippen LogP contribution in [0.25, 0.3) is 49.0 Å². The lowest BCUT2D eigenvalue weighted by atomic mass is 9.94. The zero-order valence-corrected chi connectivity index (χ0v) is 19.5. The smallest absolute Gasteiger partial charge is 0.224 e. The molecule has 3 aromatic carbocycles. The highest BCUT2D eigenvalue weighted by Crippen LogP contribution is 2.43. The van der Waals surface area contributed by atoms with E-state index >= 15 is 0 Å². The Hall–Kier alpha value is -3.13. The van der Waals surface area contributed by atoms with Gasteiger partial charge in [-0.05, 0) is 78.9 Å². The molecule has 0 fully saturated rings. The second-order valence-electron chi connectivity index (χ2n) is 9.78. The minimum atomic E-state index is 0.486. The molecule has 6 rings (SSSR count). The van der Waals surface area contributed by atoms with Gasteiger partial charge in [0.2, 0.25) is 5.52 Å². The van der Waals surface area contributed by atoms with Crippen LogP contribution in [0.1, 0.15) is 47.6 Å². The molecule has 0 saturated heterocycles. The molecule has 0 aliphatic carbocycles. The Bertz CT molecular complexity index is 1700. The quantitative estimate of drug-likeness (QED) is 0.156. The zero-order chi connectivity index (χ0) is 21.8. The summed E-state index contributed by atoms with van der Waals surface area (Å²) in [5.41, 5.74) is 12.2. The second-order valence-corrected chi connectivity index (χ2v) is 9.78. The van der Waals surface area contributed by atoms with Crippen LogP contribution in [0, 0.1) is 27.7 Å². The summed E-state index contributed by atoms with van der Waals surface area (Å²) in [5, 5.41) is 6.88. The monoisotopic (exact) mass is 405 g/mol. The normalized spacial score (nSPS) is 12.6. The molecule has 2 heteroatoms. The van der Waals surface area contributed by atoms with Gasteiger partial charge in [0.25, 0.3) is 0 Å². The van der Waals surface area contributed by atoms with Crippen LogP contribution in [-0.4, -0.2) is 4.40 Å². The Kier molecular flexibility index (Phi) is 3.59. The van der Waals surface area contributed by atoms with Gasteiger partial charge < -0.3 is 4.40 Å². The van der Waals surface area contributed by atoms with Crippen molar-refractivity contribution in [1.29, 1.82) is 0 Å². The van der Waals surface area contributed by atoms with E-state index in [9.17, 15) is 0 Å². The molecule has 0 aliphatic heterocycles. The predicted molar refractivity (Wildman–Crippen MR) is 133 cm³/mol. The Morgan fingerprint density at radius 3 is 2.26 bits per heavy atom. The summed E-state index contributed by atoms with van der Waals surface area (Å²) in [6, 6.07) is 14.1. The van der Waals surface area contributed by atoms with Gasteiger partial charge in [-0.2, -0.15) is 0 Å². The van der Waals surface area contributed by atoms with Gasteiger partial charge in [0.15, 0.2) is 6.20 Å². The van der Waals surface area contributed by atoms with Crippen LogP contribution in [0.15, 0.2) is 42.6 Å². The third-order valence-corrected chi connectivity index (χ3v) is 7.51. The third-order valence-electron chi connectivity index (χ3n) is 7.51. The van der Waals surface area contributed by atoms with Crippen molar-refractivity contribution in [2.75, 3.05) is 0 Å². The van der Waals surface area contributed by atoms with Crippen molar-refractivity contribution in [2.24, 2.45) is 7.05 Å². The van der Waals surface area contributed by atoms with E-state index in [2.05, 4.69) is 100 Å². The van der Waals surface area contributed by atoms with Gasteiger partial charge in [0.1, 0.15) is 7.05 Å². The summed E-state index contributed by atoms with van der Waals surface area (Å²) in [4.78, 5) is 0. The maximum atomic E-state index is 2.58. The van der Waals surface area contributed by atoms with E-state index in [1.54, 1.807) is 0 Å². The molecule has 0 atom stereocenters. The van der Waals surface area contributed by atoms with Gasteiger partial charge in [-0.25, -0.2) is 4.57 Å². The van der Waals surface area contributed by atoms with Gasteiger partial charge in [-0.1, -0.05) is 32.0 Å².